The summed E-state index contributed by atoms with van der Waals surface area (Å²) in [5.74, 6) is 1.00. The summed E-state index contributed by atoms with van der Waals surface area (Å²) in [4.78, 5) is 4.33. The fourth-order valence-corrected chi connectivity index (χ4v) is 2.30. The lowest BCUT2D eigenvalue weighted by Gasteiger charge is -2.01. The molecular formula is C13H15ClN4S. The predicted octanol–water partition coefficient (Wildman–Crippen LogP) is 3.63. The molecule has 0 unspecified atom stereocenters. The minimum atomic E-state index is 0.711. The summed E-state index contributed by atoms with van der Waals surface area (Å²) in [5.41, 5.74) is 4.80. The minimum absolute atomic E-state index is 0.711. The van der Waals surface area contributed by atoms with Crippen LogP contribution in [-0.2, 0) is 7.05 Å². The van der Waals surface area contributed by atoms with E-state index in [2.05, 4.69) is 22.4 Å². The van der Waals surface area contributed by atoms with Gasteiger partial charge in [-0.2, -0.15) is 5.10 Å². The van der Waals surface area contributed by atoms with Crippen molar-refractivity contribution in [1.29, 1.82) is 0 Å². The first-order chi connectivity index (χ1) is 9.20. The summed E-state index contributed by atoms with van der Waals surface area (Å²) in [7, 11) is 1.98. The molecule has 1 aromatic carbocycles. The summed E-state index contributed by atoms with van der Waals surface area (Å²) in [6.45, 7) is 2.11. The van der Waals surface area contributed by atoms with Crippen molar-refractivity contribution in [3.05, 3.63) is 41.2 Å². The predicted molar refractivity (Wildman–Crippen MR) is 82.3 cm³/mol. The van der Waals surface area contributed by atoms with Gasteiger partial charge in [-0.3, -0.25) is 5.43 Å². The van der Waals surface area contributed by atoms with E-state index in [0.717, 1.165) is 22.3 Å². The van der Waals surface area contributed by atoms with Crippen LogP contribution in [0.3, 0.4) is 0 Å². The van der Waals surface area contributed by atoms with Gasteiger partial charge in [-0.1, -0.05) is 30.3 Å². The van der Waals surface area contributed by atoms with E-state index in [1.165, 1.54) is 0 Å². The van der Waals surface area contributed by atoms with Crippen molar-refractivity contribution < 1.29 is 0 Å². The Morgan fingerprint density at radius 2 is 2.16 bits per heavy atom. The molecule has 0 radical (unpaired) electrons. The Bertz CT molecular complexity index is 563. The van der Waals surface area contributed by atoms with E-state index in [1.54, 1.807) is 18.0 Å². The standard InChI is InChI=1S/C13H15ClN4S/c1-3-19-13-15-8-12(18(13)2)9-16-17-11-6-4-10(14)5-7-11/h4-9,17H,3H2,1-2H3/b16-9-. The zero-order chi connectivity index (χ0) is 13.7. The number of hydrogen-bond donors (Lipinski definition) is 1. The number of rotatable bonds is 5. The van der Waals surface area contributed by atoms with Gasteiger partial charge in [0, 0.05) is 12.1 Å². The van der Waals surface area contributed by atoms with E-state index in [1.807, 2.05) is 42.1 Å². The summed E-state index contributed by atoms with van der Waals surface area (Å²) in [6, 6.07) is 7.39. The van der Waals surface area contributed by atoms with Crippen LogP contribution in [0.1, 0.15) is 12.6 Å². The van der Waals surface area contributed by atoms with E-state index in [-0.39, 0.29) is 0 Å². The molecule has 0 atom stereocenters. The second kappa shape index (κ2) is 6.63. The van der Waals surface area contributed by atoms with Crippen LogP contribution in [0.2, 0.25) is 5.02 Å². The summed E-state index contributed by atoms with van der Waals surface area (Å²) < 4.78 is 2.02. The molecular weight excluding hydrogens is 280 g/mol. The van der Waals surface area contributed by atoms with E-state index >= 15 is 0 Å². The number of aromatic nitrogens is 2. The van der Waals surface area contributed by atoms with Gasteiger partial charge >= 0.3 is 0 Å². The second-order valence-corrected chi connectivity index (χ2v) is 5.50. The Morgan fingerprint density at radius 3 is 2.84 bits per heavy atom. The molecule has 1 aromatic heterocycles. The normalized spacial score (nSPS) is 11.1. The topological polar surface area (TPSA) is 42.2 Å². The van der Waals surface area contributed by atoms with Crippen molar-refractivity contribution >= 4 is 35.3 Å². The fourth-order valence-electron chi connectivity index (χ4n) is 1.49. The number of hydrogen-bond acceptors (Lipinski definition) is 4. The first-order valence-electron chi connectivity index (χ1n) is 5.90. The van der Waals surface area contributed by atoms with Crippen LogP contribution in [0, 0.1) is 0 Å². The van der Waals surface area contributed by atoms with Gasteiger partial charge in [0.05, 0.1) is 23.8 Å². The highest BCUT2D eigenvalue weighted by Gasteiger charge is 2.03. The highest BCUT2D eigenvalue weighted by molar-refractivity contribution is 7.99. The number of nitrogens with zero attached hydrogens (tertiary/aromatic N) is 3. The van der Waals surface area contributed by atoms with Gasteiger partial charge in [-0.15, -0.1) is 0 Å². The minimum Gasteiger partial charge on any atom is -0.321 e. The maximum absolute atomic E-state index is 5.81. The molecule has 0 bridgehead atoms. The molecule has 0 aliphatic carbocycles. The molecule has 0 spiro atoms. The van der Waals surface area contributed by atoms with E-state index in [0.29, 0.717) is 5.02 Å². The van der Waals surface area contributed by atoms with Crippen LogP contribution in [0.5, 0.6) is 0 Å². The smallest absolute Gasteiger partial charge is 0.168 e. The largest absolute Gasteiger partial charge is 0.321 e. The van der Waals surface area contributed by atoms with Crippen LogP contribution >= 0.6 is 23.4 Å². The third-order valence-electron chi connectivity index (χ3n) is 2.49. The molecule has 0 saturated heterocycles. The number of halogens is 1. The van der Waals surface area contributed by atoms with Gasteiger partial charge in [0.1, 0.15) is 0 Å². The van der Waals surface area contributed by atoms with Crippen LogP contribution < -0.4 is 5.43 Å². The number of imidazole rings is 1. The van der Waals surface area contributed by atoms with Gasteiger partial charge < -0.3 is 4.57 Å². The van der Waals surface area contributed by atoms with Gasteiger partial charge in [-0.25, -0.2) is 4.98 Å². The first kappa shape index (κ1) is 14.0. The molecule has 1 N–H and O–H groups in total. The van der Waals surface area contributed by atoms with Crippen molar-refractivity contribution in [2.45, 2.75) is 12.1 Å². The molecule has 2 rings (SSSR count). The van der Waals surface area contributed by atoms with Crippen LogP contribution in [-0.4, -0.2) is 21.5 Å². The Labute approximate surface area is 121 Å². The number of benzene rings is 1. The molecule has 6 heteroatoms. The lowest BCUT2D eigenvalue weighted by molar-refractivity contribution is 0.785. The third kappa shape index (κ3) is 3.75. The number of thioether (sulfide) groups is 1. The van der Waals surface area contributed by atoms with Crippen molar-refractivity contribution in [1.82, 2.24) is 9.55 Å². The molecule has 0 saturated carbocycles. The molecule has 19 heavy (non-hydrogen) atoms. The lowest BCUT2D eigenvalue weighted by atomic mass is 10.3. The van der Waals surface area contributed by atoms with E-state index < -0.39 is 0 Å². The van der Waals surface area contributed by atoms with Crippen LogP contribution in [0.15, 0.2) is 40.7 Å². The van der Waals surface area contributed by atoms with Gasteiger partial charge in [-0.05, 0) is 30.0 Å². The Morgan fingerprint density at radius 1 is 1.42 bits per heavy atom. The molecule has 0 aliphatic rings. The van der Waals surface area contributed by atoms with E-state index in [9.17, 15) is 0 Å². The Hall–Kier alpha value is -1.46. The van der Waals surface area contributed by atoms with Gasteiger partial charge in [0.15, 0.2) is 5.16 Å². The van der Waals surface area contributed by atoms with Crippen molar-refractivity contribution in [3.8, 4) is 0 Å². The average molecular weight is 295 g/mol. The SMILES string of the molecule is CCSc1ncc(/C=N\Nc2ccc(Cl)cc2)n1C. The van der Waals surface area contributed by atoms with Gasteiger partial charge in [0.25, 0.3) is 0 Å². The monoisotopic (exact) mass is 294 g/mol. The zero-order valence-electron chi connectivity index (χ0n) is 10.8. The average Bonchev–Trinajstić information content (AvgIpc) is 2.75. The first-order valence-corrected chi connectivity index (χ1v) is 7.26. The quantitative estimate of drug-likeness (QED) is 0.520. The molecule has 100 valence electrons. The molecule has 4 nitrogen and oxygen atoms in total. The molecule has 0 aliphatic heterocycles. The Balaban J connectivity index is 2.00. The van der Waals surface area contributed by atoms with Crippen LogP contribution in [0.25, 0.3) is 0 Å². The maximum atomic E-state index is 5.81. The molecule has 0 fully saturated rings. The summed E-state index contributed by atoms with van der Waals surface area (Å²) in [6.07, 6.45) is 3.56. The summed E-state index contributed by atoms with van der Waals surface area (Å²) in [5, 5.41) is 5.89. The molecule has 0 amide bonds. The van der Waals surface area contributed by atoms with E-state index in [4.69, 9.17) is 11.6 Å². The summed E-state index contributed by atoms with van der Waals surface area (Å²) >= 11 is 7.52. The lowest BCUT2D eigenvalue weighted by Crippen LogP contribution is -1.98. The third-order valence-corrected chi connectivity index (χ3v) is 3.67. The number of anilines is 1. The van der Waals surface area contributed by atoms with Crippen molar-refractivity contribution in [2.75, 3.05) is 11.2 Å². The second-order valence-electron chi connectivity index (χ2n) is 3.83. The fraction of sp³-hybridized carbons (Fsp3) is 0.231. The van der Waals surface area contributed by atoms with Gasteiger partial charge in [0.2, 0.25) is 0 Å². The maximum Gasteiger partial charge on any atom is 0.168 e. The molecule has 2 aromatic rings. The molecule has 1 heterocycles. The zero-order valence-corrected chi connectivity index (χ0v) is 12.4. The van der Waals surface area contributed by atoms with Crippen molar-refractivity contribution in [2.24, 2.45) is 12.1 Å². The highest BCUT2D eigenvalue weighted by atomic mass is 35.5. The number of hydrazone groups is 1. The number of nitrogens with one attached hydrogen (secondary N) is 1. The van der Waals surface area contributed by atoms with Crippen LogP contribution in [0.4, 0.5) is 5.69 Å². The Kier molecular flexibility index (Phi) is 4.87. The highest BCUT2D eigenvalue weighted by Crippen LogP contribution is 2.16. The van der Waals surface area contributed by atoms with Crippen molar-refractivity contribution in [3.63, 3.8) is 0 Å².